The first-order chi connectivity index (χ1) is 9.63. The second kappa shape index (κ2) is 5.38. The lowest BCUT2D eigenvalue weighted by atomic mass is 10.1. The van der Waals surface area contributed by atoms with E-state index in [1.807, 2.05) is 29.1 Å². The summed E-state index contributed by atoms with van der Waals surface area (Å²) in [6.07, 6.45) is 2.05. The minimum absolute atomic E-state index is 0.352. The van der Waals surface area contributed by atoms with Crippen LogP contribution in [0.5, 0.6) is 0 Å². The van der Waals surface area contributed by atoms with Crippen LogP contribution in [-0.4, -0.2) is 14.9 Å². The Morgan fingerprint density at radius 3 is 2.75 bits per heavy atom. The van der Waals surface area contributed by atoms with Gasteiger partial charge in [-0.3, -0.25) is 4.68 Å². The molecule has 3 nitrogen and oxygen atoms in total. The van der Waals surface area contributed by atoms with Crippen molar-refractivity contribution in [3.63, 3.8) is 0 Å². The molecule has 3 rings (SSSR count). The van der Waals surface area contributed by atoms with Crippen LogP contribution in [0.25, 0.3) is 10.1 Å². The van der Waals surface area contributed by atoms with Gasteiger partial charge in [-0.1, -0.05) is 18.2 Å². The zero-order chi connectivity index (χ0) is 14.1. The fourth-order valence-electron chi connectivity index (χ4n) is 2.24. The molecule has 1 N–H and O–H groups in total. The largest absolute Gasteiger partial charge is 0.387 e. The number of aliphatic hydroxyl groups excluding tert-OH is 1. The molecule has 2 heterocycles. The highest BCUT2D eigenvalue weighted by molar-refractivity contribution is 7.19. The molecule has 104 valence electrons. The molecule has 20 heavy (non-hydrogen) atoms. The van der Waals surface area contributed by atoms with Crippen LogP contribution < -0.4 is 0 Å². The van der Waals surface area contributed by atoms with E-state index in [4.69, 9.17) is 0 Å². The Kier molecular flexibility index (Phi) is 3.59. The van der Waals surface area contributed by atoms with Crippen LogP contribution in [0.2, 0.25) is 0 Å². The molecule has 0 radical (unpaired) electrons. The molecule has 2 aromatic heterocycles. The number of aliphatic hydroxyl groups is 1. The monoisotopic (exact) mass is 286 g/mol. The summed E-state index contributed by atoms with van der Waals surface area (Å²) >= 11 is 1.65. The average molecular weight is 286 g/mol. The third-order valence-corrected chi connectivity index (χ3v) is 4.59. The van der Waals surface area contributed by atoms with Crippen molar-refractivity contribution in [3.8, 4) is 0 Å². The number of aromatic nitrogens is 2. The highest BCUT2D eigenvalue weighted by atomic mass is 32.1. The first kappa shape index (κ1) is 13.3. The summed E-state index contributed by atoms with van der Waals surface area (Å²) in [4.78, 5) is 1.00. The Morgan fingerprint density at radius 1 is 1.25 bits per heavy atom. The standard InChI is InChI=1S/C16H18N2OS/c1-11(2)18-8-7-13(17-18)10-14(19)16-9-12-5-3-4-6-15(12)20-16/h3-9,11,14,19H,10H2,1-2H3. The Morgan fingerprint density at radius 2 is 2.05 bits per heavy atom. The van der Waals surface area contributed by atoms with Gasteiger partial charge in [-0.05, 0) is 37.4 Å². The van der Waals surface area contributed by atoms with Gasteiger partial charge in [0, 0.05) is 28.2 Å². The molecule has 0 saturated heterocycles. The minimum Gasteiger partial charge on any atom is -0.387 e. The molecule has 0 fully saturated rings. The molecule has 0 spiro atoms. The molecule has 1 atom stereocenters. The van der Waals surface area contributed by atoms with Crippen molar-refractivity contribution in [3.05, 3.63) is 53.2 Å². The first-order valence-corrected chi connectivity index (χ1v) is 7.65. The second-order valence-electron chi connectivity index (χ2n) is 5.29. The van der Waals surface area contributed by atoms with E-state index in [0.29, 0.717) is 12.5 Å². The van der Waals surface area contributed by atoms with Gasteiger partial charge in [-0.15, -0.1) is 11.3 Å². The van der Waals surface area contributed by atoms with E-state index in [-0.39, 0.29) is 0 Å². The highest BCUT2D eigenvalue weighted by Gasteiger charge is 2.14. The lowest BCUT2D eigenvalue weighted by molar-refractivity contribution is 0.180. The van der Waals surface area contributed by atoms with Crippen molar-refractivity contribution in [1.82, 2.24) is 9.78 Å². The van der Waals surface area contributed by atoms with Gasteiger partial charge in [0.25, 0.3) is 0 Å². The van der Waals surface area contributed by atoms with Gasteiger partial charge in [0.2, 0.25) is 0 Å². The zero-order valence-corrected chi connectivity index (χ0v) is 12.5. The normalized spacial score (nSPS) is 13.2. The van der Waals surface area contributed by atoms with E-state index in [9.17, 15) is 5.11 Å². The molecule has 4 heteroatoms. The summed E-state index contributed by atoms with van der Waals surface area (Å²) in [6.45, 7) is 4.19. The summed E-state index contributed by atoms with van der Waals surface area (Å²) in [5.74, 6) is 0. The number of fused-ring (bicyclic) bond motifs is 1. The Balaban J connectivity index is 1.79. The van der Waals surface area contributed by atoms with E-state index >= 15 is 0 Å². The maximum atomic E-state index is 10.4. The molecule has 0 bridgehead atoms. The van der Waals surface area contributed by atoms with Crippen LogP contribution in [0.15, 0.2) is 42.6 Å². The molecule has 0 aliphatic rings. The maximum Gasteiger partial charge on any atom is 0.0938 e. The van der Waals surface area contributed by atoms with Crippen molar-refractivity contribution in [2.45, 2.75) is 32.4 Å². The summed E-state index contributed by atoms with van der Waals surface area (Å²) < 4.78 is 3.14. The van der Waals surface area contributed by atoms with Gasteiger partial charge >= 0.3 is 0 Å². The molecular formula is C16H18N2OS. The Hall–Kier alpha value is -1.65. The van der Waals surface area contributed by atoms with Crippen molar-refractivity contribution in [2.75, 3.05) is 0 Å². The number of rotatable bonds is 4. The number of hydrogen-bond donors (Lipinski definition) is 1. The minimum atomic E-state index is -0.483. The molecule has 1 aromatic carbocycles. The van der Waals surface area contributed by atoms with Gasteiger partial charge in [-0.2, -0.15) is 5.10 Å². The molecule has 0 saturated carbocycles. The van der Waals surface area contributed by atoms with Crippen LogP contribution in [0.4, 0.5) is 0 Å². The van der Waals surface area contributed by atoms with E-state index in [1.165, 1.54) is 10.1 Å². The summed E-state index contributed by atoms with van der Waals surface area (Å²) in [6, 6.07) is 12.6. The highest BCUT2D eigenvalue weighted by Crippen LogP contribution is 2.31. The van der Waals surface area contributed by atoms with E-state index in [1.54, 1.807) is 11.3 Å². The first-order valence-electron chi connectivity index (χ1n) is 6.84. The number of nitrogens with zero attached hydrogens (tertiary/aromatic N) is 2. The zero-order valence-electron chi connectivity index (χ0n) is 11.7. The summed E-state index contributed by atoms with van der Waals surface area (Å²) in [7, 11) is 0. The van der Waals surface area contributed by atoms with Crippen molar-refractivity contribution in [2.24, 2.45) is 0 Å². The van der Waals surface area contributed by atoms with Crippen LogP contribution in [-0.2, 0) is 6.42 Å². The fourth-order valence-corrected chi connectivity index (χ4v) is 3.29. The number of hydrogen-bond acceptors (Lipinski definition) is 3. The predicted octanol–water partition coefficient (Wildman–Crippen LogP) is 3.95. The molecule has 0 aliphatic heterocycles. The lowest BCUT2D eigenvalue weighted by Crippen LogP contribution is -2.04. The molecular weight excluding hydrogens is 268 g/mol. The lowest BCUT2D eigenvalue weighted by Gasteiger charge is -2.07. The van der Waals surface area contributed by atoms with Crippen LogP contribution in [0.3, 0.4) is 0 Å². The van der Waals surface area contributed by atoms with Crippen LogP contribution in [0.1, 0.15) is 36.6 Å². The molecule has 3 aromatic rings. The van der Waals surface area contributed by atoms with Crippen molar-refractivity contribution < 1.29 is 5.11 Å². The SMILES string of the molecule is CC(C)n1ccc(CC(O)c2cc3ccccc3s2)n1. The Bertz CT molecular complexity index is 681. The average Bonchev–Trinajstić information content (AvgIpc) is 3.04. The third kappa shape index (κ3) is 2.62. The van der Waals surface area contributed by atoms with E-state index < -0.39 is 6.10 Å². The van der Waals surface area contributed by atoms with Gasteiger partial charge in [0.05, 0.1) is 11.8 Å². The summed E-state index contributed by atoms with van der Waals surface area (Å²) in [5.41, 5.74) is 0.934. The Labute approximate surface area is 122 Å². The molecule has 1 unspecified atom stereocenters. The molecule has 0 aliphatic carbocycles. The summed E-state index contributed by atoms with van der Waals surface area (Å²) in [5, 5.41) is 16.1. The van der Waals surface area contributed by atoms with Crippen molar-refractivity contribution in [1.29, 1.82) is 0 Å². The predicted molar refractivity (Wildman–Crippen MR) is 83.1 cm³/mol. The van der Waals surface area contributed by atoms with Crippen LogP contribution in [0, 0.1) is 0 Å². The van der Waals surface area contributed by atoms with E-state index in [0.717, 1.165) is 10.6 Å². The van der Waals surface area contributed by atoms with Gasteiger partial charge in [-0.25, -0.2) is 0 Å². The van der Waals surface area contributed by atoms with E-state index in [2.05, 4.69) is 37.1 Å². The topological polar surface area (TPSA) is 38.0 Å². The third-order valence-electron chi connectivity index (χ3n) is 3.37. The number of thiophene rings is 1. The van der Waals surface area contributed by atoms with Crippen molar-refractivity contribution >= 4 is 21.4 Å². The maximum absolute atomic E-state index is 10.4. The van der Waals surface area contributed by atoms with Gasteiger partial charge in [0.15, 0.2) is 0 Å². The van der Waals surface area contributed by atoms with Gasteiger partial charge in [0.1, 0.15) is 0 Å². The molecule has 0 amide bonds. The second-order valence-corrected chi connectivity index (χ2v) is 6.40. The quantitative estimate of drug-likeness (QED) is 0.788. The van der Waals surface area contributed by atoms with Gasteiger partial charge < -0.3 is 5.11 Å². The fraction of sp³-hybridized carbons (Fsp3) is 0.312. The smallest absolute Gasteiger partial charge is 0.0938 e. The van der Waals surface area contributed by atoms with Crippen LogP contribution >= 0.6 is 11.3 Å². The number of benzene rings is 1.